The first-order valence-corrected chi connectivity index (χ1v) is 11.7. The maximum atomic E-state index is 12.8. The third-order valence-electron chi connectivity index (χ3n) is 5.41. The van der Waals surface area contributed by atoms with E-state index in [1.807, 2.05) is 47.4 Å². The SMILES string of the molecule is COc1ccc(C(=O)N2CCN(c3ccc(NC(=O)CSc4ccccn4)cc3)CC2)cc1. The number of aromatic nitrogens is 1. The van der Waals surface area contributed by atoms with Gasteiger partial charge < -0.3 is 19.9 Å². The maximum absolute atomic E-state index is 12.8. The number of pyridine rings is 1. The molecule has 0 aliphatic carbocycles. The number of methoxy groups -OCH3 is 1. The van der Waals surface area contributed by atoms with Crippen LogP contribution < -0.4 is 15.0 Å². The summed E-state index contributed by atoms with van der Waals surface area (Å²) >= 11 is 1.41. The minimum absolute atomic E-state index is 0.0407. The zero-order valence-corrected chi connectivity index (χ0v) is 19.3. The van der Waals surface area contributed by atoms with Crippen LogP contribution in [0.4, 0.5) is 11.4 Å². The van der Waals surface area contributed by atoms with Crippen LogP contribution in [0.5, 0.6) is 5.75 Å². The molecule has 0 radical (unpaired) electrons. The van der Waals surface area contributed by atoms with E-state index in [9.17, 15) is 9.59 Å². The first-order valence-electron chi connectivity index (χ1n) is 10.7. The number of amides is 2. The lowest BCUT2D eigenvalue weighted by Crippen LogP contribution is -2.48. The molecule has 170 valence electrons. The van der Waals surface area contributed by atoms with Gasteiger partial charge in [0.1, 0.15) is 5.75 Å². The van der Waals surface area contributed by atoms with Crippen LogP contribution in [0.15, 0.2) is 78.0 Å². The van der Waals surface area contributed by atoms with Gasteiger partial charge in [0.25, 0.3) is 5.91 Å². The van der Waals surface area contributed by atoms with Gasteiger partial charge in [-0.2, -0.15) is 0 Å². The van der Waals surface area contributed by atoms with Crippen molar-refractivity contribution in [2.75, 3.05) is 49.3 Å². The van der Waals surface area contributed by atoms with Crippen LogP contribution in [0.25, 0.3) is 0 Å². The van der Waals surface area contributed by atoms with Crippen LogP contribution in [0.1, 0.15) is 10.4 Å². The predicted octanol–water partition coefficient (Wildman–Crippen LogP) is 3.78. The van der Waals surface area contributed by atoms with Gasteiger partial charge in [0.05, 0.1) is 17.9 Å². The van der Waals surface area contributed by atoms with E-state index in [0.29, 0.717) is 24.4 Å². The van der Waals surface area contributed by atoms with Gasteiger partial charge in [-0.3, -0.25) is 9.59 Å². The molecular formula is C25H26N4O3S. The largest absolute Gasteiger partial charge is 0.497 e. The highest BCUT2D eigenvalue weighted by atomic mass is 32.2. The number of hydrogen-bond acceptors (Lipinski definition) is 6. The van der Waals surface area contributed by atoms with Crippen molar-refractivity contribution >= 4 is 35.0 Å². The van der Waals surface area contributed by atoms with Crippen molar-refractivity contribution in [3.8, 4) is 5.75 Å². The molecule has 4 rings (SSSR count). The van der Waals surface area contributed by atoms with E-state index < -0.39 is 0 Å². The summed E-state index contributed by atoms with van der Waals surface area (Å²) < 4.78 is 5.16. The molecule has 2 aromatic carbocycles. The second-order valence-corrected chi connectivity index (χ2v) is 8.56. The number of thioether (sulfide) groups is 1. The van der Waals surface area contributed by atoms with Gasteiger partial charge in [-0.1, -0.05) is 17.8 Å². The smallest absolute Gasteiger partial charge is 0.253 e. The summed E-state index contributed by atoms with van der Waals surface area (Å²) in [6.45, 7) is 2.84. The van der Waals surface area contributed by atoms with Crippen LogP contribution in [-0.4, -0.2) is 60.7 Å². The molecule has 1 aliphatic heterocycles. The van der Waals surface area contributed by atoms with Crippen molar-refractivity contribution in [3.63, 3.8) is 0 Å². The number of benzene rings is 2. The average Bonchev–Trinajstić information content (AvgIpc) is 2.88. The molecule has 0 bridgehead atoms. The summed E-state index contributed by atoms with van der Waals surface area (Å²) in [6, 6.07) is 20.7. The lowest BCUT2D eigenvalue weighted by molar-refractivity contribution is -0.113. The quantitative estimate of drug-likeness (QED) is 0.539. The second kappa shape index (κ2) is 10.9. The van der Waals surface area contributed by atoms with Crippen LogP contribution in [0, 0.1) is 0 Å². The van der Waals surface area contributed by atoms with Crippen molar-refractivity contribution in [3.05, 3.63) is 78.5 Å². The maximum Gasteiger partial charge on any atom is 0.253 e. The summed E-state index contributed by atoms with van der Waals surface area (Å²) in [5.74, 6) is 1.02. The van der Waals surface area contributed by atoms with Crippen molar-refractivity contribution < 1.29 is 14.3 Å². The van der Waals surface area contributed by atoms with E-state index in [0.717, 1.165) is 35.2 Å². The van der Waals surface area contributed by atoms with Crippen LogP contribution >= 0.6 is 11.8 Å². The summed E-state index contributed by atoms with van der Waals surface area (Å²) in [4.78, 5) is 33.3. The number of carbonyl (C=O) groups excluding carboxylic acids is 2. The number of piperazine rings is 1. The fourth-order valence-electron chi connectivity index (χ4n) is 3.61. The number of anilines is 2. The molecule has 1 N–H and O–H groups in total. The van der Waals surface area contributed by atoms with E-state index in [4.69, 9.17) is 4.74 Å². The Morgan fingerprint density at radius 3 is 2.33 bits per heavy atom. The highest BCUT2D eigenvalue weighted by Gasteiger charge is 2.22. The monoisotopic (exact) mass is 462 g/mol. The minimum atomic E-state index is -0.0657. The van der Waals surface area contributed by atoms with E-state index >= 15 is 0 Å². The van der Waals surface area contributed by atoms with Gasteiger partial charge in [-0.05, 0) is 60.7 Å². The molecule has 8 heteroatoms. The van der Waals surface area contributed by atoms with E-state index in [1.165, 1.54) is 11.8 Å². The molecule has 3 aromatic rings. The average molecular weight is 463 g/mol. The highest BCUT2D eigenvalue weighted by molar-refractivity contribution is 7.99. The molecule has 1 saturated heterocycles. The van der Waals surface area contributed by atoms with Crippen molar-refractivity contribution in [1.82, 2.24) is 9.88 Å². The van der Waals surface area contributed by atoms with E-state index in [-0.39, 0.29) is 11.8 Å². The van der Waals surface area contributed by atoms with Gasteiger partial charge >= 0.3 is 0 Å². The normalized spacial score (nSPS) is 13.5. The van der Waals surface area contributed by atoms with Crippen LogP contribution in [0.3, 0.4) is 0 Å². The van der Waals surface area contributed by atoms with Gasteiger partial charge in [-0.15, -0.1) is 0 Å². The molecule has 0 unspecified atom stereocenters. The molecule has 33 heavy (non-hydrogen) atoms. The molecule has 2 amide bonds. The molecule has 7 nitrogen and oxygen atoms in total. The third-order valence-corrected chi connectivity index (χ3v) is 6.35. The number of nitrogens with one attached hydrogen (secondary N) is 1. The molecule has 0 atom stereocenters. The number of ether oxygens (including phenoxy) is 1. The van der Waals surface area contributed by atoms with Crippen molar-refractivity contribution in [2.45, 2.75) is 5.03 Å². The number of nitrogens with zero attached hydrogens (tertiary/aromatic N) is 3. The highest BCUT2D eigenvalue weighted by Crippen LogP contribution is 2.21. The summed E-state index contributed by atoms with van der Waals surface area (Å²) in [7, 11) is 1.61. The van der Waals surface area contributed by atoms with Crippen molar-refractivity contribution in [2.24, 2.45) is 0 Å². The summed E-state index contributed by atoms with van der Waals surface area (Å²) in [5.41, 5.74) is 2.51. The van der Waals surface area contributed by atoms with Gasteiger partial charge in [-0.25, -0.2) is 4.98 Å². The standard InChI is InChI=1S/C25H26N4O3S/c1-32-22-11-5-19(6-12-22)25(31)29-16-14-28(15-17-29)21-9-7-20(8-10-21)27-23(30)18-33-24-4-2-3-13-26-24/h2-13H,14-18H2,1H3,(H,27,30). The Morgan fingerprint density at radius 1 is 0.970 bits per heavy atom. The Labute approximate surface area is 197 Å². The summed E-state index contributed by atoms with van der Waals surface area (Å²) in [6.07, 6.45) is 1.72. The van der Waals surface area contributed by atoms with Crippen LogP contribution in [0.2, 0.25) is 0 Å². The topological polar surface area (TPSA) is 74.8 Å². The van der Waals surface area contributed by atoms with E-state index in [2.05, 4.69) is 15.2 Å². The number of hydrogen-bond donors (Lipinski definition) is 1. The Morgan fingerprint density at radius 2 is 1.70 bits per heavy atom. The molecule has 0 spiro atoms. The first-order chi connectivity index (χ1) is 16.1. The Hall–Kier alpha value is -3.52. The Bertz CT molecular complexity index is 1070. The Kier molecular flexibility index (Phi) is 7.47. The fraction of sp³-hybridized carbons (Fsp3) is 0.240. The lowest BCUT2D eigenvalue weighted by atomic mass is 10.1. The summed E-state index contributed by atoms with van der Waals surface area (Å²) in [5, 5.41) is 3.75. The lowest BCUT2D eigenvalue weighted by Gasteiger charge is -2.36. The van der Waals surface area contributed by atoms with Gasteiger partial charge in [0.15, 0.2) is 0 Å². The zero-order chi connectivity index (χ0) is 23.0. The number of rotatable bonds is 7. The molecular weight excluding hydrogens is 436 g/mol. The second-order valence-electron chi connectivity index (χ2n) is 7.56. The molecule has 1 fully saturated rings. The van der Waals surface area contributed by atoms with Gasteiger partial charge in [0.2, 0.25) is 5.91 Å². The Balaban J connectivity index is 1.25. The first kappa shape index (κ1) is 22.7. The van der Waals surface area contributed by atoms with Crippen LogP contribution in [-0.2, 0) is 4.79 Å². The fourth-order valence-corrected chi connectivity index (χ4v) is 4.27. The zero-order valence-electron chi connectivity index (χ0n) is 18.4. The van der Waals surface area contributed by atoms with Gasteiger partial charge in [0, 0.05) is 49.3 Å². The molecule has 2 heterocycles. The van der Waals surface area contributed by atoms with E-state index in [1.54, 1.807) is 37.6 Å². The molecule has 1 aliphatic rings. The molecule has 1 aromatic heterocycles. The predicted molar refractivity (Wildman–Crippen MR) is 131 cm³/mol. The number of carbonyl (C=O) groups is 2. The minimum Gasteiger partial charge on any atom is -0.497 e. The third kappa shape index (κ3) is 6.04. The molecule has 0 saturated carbocycles. The van der Waals surface area contributed by atoms with Crippen molar-refractivity contribution in [1.29, 1.82) is 0 Å².